The van der Waals surface area contributed by atoms with Crippen molar-refractivity contribution in [2.45, 2.75) is 4.90 Å². The SMILES string of the molecule is C=CCN(c1cccc(F)c1)S(=O)(=O)c1ccccc1[N+](=O)[O-]. The van der Waals surface area contributed by atoms with Crippen molar-refractivity contribution in [1.82, 2.24) is 0 Å². The molecule has 0 heterocycles. The van der Waals surface area contributed by atoms with Crippen molar-refractivity contribution in [2.75, 3.05) is 10.8 Å². The lowest BCUT2D eigenvalue weighted by Gasteiger charge is -2.23. The molecule has 0 bridgehead atoms. The zero-order valence-corrected chi connectivity index (χ0v) is 12.7. The van der Waals surface area contributed by atoms with Gasteiger partial charge in [-0.05, 0) is 24.3 Å². The summed E-state index contributed by atoms with van der Waals surface area (Å²) in [5.74, 6) is -0.616. The van der Waals surface area contributed by atoms with Gasteiger partial charge in [0.25, 0.3) is 15.7 Å². The highest BCUT2D eigenvalue weighted by Gasteiger charge is 2.31. The Morgan fingerprint density at radius 3 is 2.52 bits per heavy atom. The Kier molecular flexibility index (Phi) is 4.75. The summed E-state index contributed by atoms with van der Waals surface area (Å²) in [6.45, 7) is 3.32. The van der Waals surface area contributed by atoms with Gasteiger partial charge in [-0.1, -0.05) is 24.3 Å². The second-order valence-electron chi connectivity index (χ2n) is 4.53. The summed E-state index contributed by atoms with van der Waals surface area (Å²) in [5.41, 5.74) is -0.485. The van der Waals surface area contributed by atoms with Crippen LogP contribution < -0.4 is 4.31 Å². The van der Waals surface area contributed by atoms with Gasteiger partial charge in [-0.15, -0.1) is 6.58 Å². The Morgan fingerprint density at radius 2 is 1.91 bits per heavy atom. The zero-order chi connectivity index (χ0) is 17.0. The normalized spacial score (nSPS) is 11.0. The van der Waals surface area contributed by atoms with E-state index in [1.807, 2.05) is 0 Å². The van der Waals surface area contributed by atoms with Crippen LogP contribution in [0.3, 0.4) is 0 Å². The monoisotopic (exact) mass is 336 g/mol. The Balaban J connectivity index is 2.63. The highest BCUT2D eigenvalue weighted by Crippen LogP contribution is 2.29. The molecule has 0 amide bonds. The van der Waals surface area contributed by atoms with Gasteiger partial charge < -0.3 is 0 Å². The summed E-state index contributed by atoms with van der Waals surface area (Å²) < 4.78 is 39.9. The number of para-hydroxylation sites is 1. The van der Waals surface area contributed by atoms with Gasteiger partial charge in [-0.3, -0.25) is 14.4 Å². The highest BCUT2D eigenvalue weighted by molar-refractivity contribution is 7.93. The van der Waals surface area contributed by atoms with Crippen LogP contribution in [0.1, 0.15) is 0 Å². The molecular formula is C15H13FN2O4S. The van der Waals surface area contributed by atoms with E-state index in [0.717, 1.165) is 22.5 Å². The lowest BCUT2D eigenvalue weighted by Crippen LogP contribution is -2.31. The molecule has 0 spiro atoms. The fourth-order valence-electron chi connectivity index (χ4n) is 2.04. The fourth-order valence-corrected chi connectivity index (χ4v) is 3.62. The van der Waals surface area contributed by atoms with Crippen LogP contribution in [-0.2, 0) is 10.0 Å². The van der Waals surface area contributed by atoms with Gasteiger partial charge in [0.1, 0.15) is 5.82 Å². The molecule has 23 heavy (non-hydrogen) atoms. The van der Waals surface area contributed by atoms with E-state index in [2.05, 4.69) is 6.58 Å². The number of nitrogens with zero attached hydrogens (tertiary/aromatic N) is 2. The molecule has 0 aliphatic rings. The van der Waals surface area contributed by atoms with Crippen LogP contribution >= 0.6 is 0 Å². The minimum absolute atomic E-state index is 0.0584. The van der Waals surface area contributed by atoms with E-state index in [1.54, 1.807) is 0 Å². The van der Waals surface area contributed by atoms with E-state index in [1.165, 1.54) is 36.4 Å². The quantitative estimate of drug-likeness (QED) is 0.461. The molecule has 0 atom stereocenters. The van der Waals surface area contributed by atoms with Crippen LogP contribution in [-0.4, -0.2) is 19.9 Å². The third-order valence-electron chi connectivity index (χ3n) is 3.02. The Hall–Kier alpha value is -2.74. The van der Waals surface area contributed by atoms with Gasteiger partial charge in [0.2, 0.25) is 0 Å². The topological polar surface area (TPSA) is 80.5 Å². The molecule has 6 nitrogen and oxygen atoms in total. The van der Waals surface area contributed by atoms with Gasteiger partial charge in [-0.2, -0.15) is 0 Å². The lowest BCUT2D eigenvalue weighted by molar-refractivity contribution is -0.387. The average molecular weight is 336 g/mol. The maximum Gasteiger partial charge on any atom is 0.289 e. The van der Waals surface area contributed by atoms with Crippen LogP contribution in [0.4, 0.5) is 15.8 Å². The minimum atomic E-state index is -4.25. The van der Waals surface area contributed by atoms with Crippen molar-refractivity contribution < 1.29 is 17.7 Å². The molecule has 0 saturated heterocycles. The summed E-state index contributed by atoms with van der Waals surface area (Å²) in [4.78, 5) is 9.85. The zero-order valence-electron chi connectivity index (χ0n) is 11.9. The minimum Gasteiger partial charge on any atom is -0.262 e. The van der Waals surface area contributed by atoms with Crippen molar-refractivity contribution >= 4 is 21.4 Å². The molecule has 0 fully saturated rings. The number of sulfonamides is 1. The maximum atomic E-state index is 13.4. The molecule has 8 heteroatoms. The maximum absolute atomic E-state index is 13.4. The predicted molar refractivity (Wildman–Crippen MR) is 84.2 cm³/mol. The average Bonchev–Trinajstić information content (AvgIpc) is 2.52. The third-order valence-corrected chi connectivity index (χ3v) is 4.86. The molecule has 0 N–H and O–H groups in total. The molecule has 2 rings (SSSR count). The van der Waals surface area contributed by atoms with Gasteiger partial charge in [0, 0.05) is 6.07 Å². The number of rotatable bonds is 6. The van der Waals surface area contributed by atoms with E-state index in [9.17, 15) is 22.9 Å². The Morgan fingerprint density at radius 1 is 1.22 bits per heavy atom. The first kappa shape index (κ1) is 16.6. The first-order valence-electron chi connectivity index (χ1n) is 6.50. The molecule has 0 saturated carbocycles. The van der Waals surface area contributed by atoms with Crippen LogP contribution in [0, 0.1) is 15.9 Å². The van der Waals surface area contributed by atoms with Gasteiger partial charge in [0.05, 0.1) is 17.2 Å². The number of hydrogen-bond donors (Lipinski definition) is 0. The molecule has 120 valence electrons. The first-order valence-corrected chi connectivity index (χ1v) is 7.94. The second-order valence-corrected chi connectivity index (χ2v) is 6.36. The summed E-state index contributed by atoms with van der Waals surface area (Å²) in [7, 11) is -4.25. The summed E-state index contributed by atoms with van der Waals surface area (Å²) in [6.07, 6.45) is 1.32. The van der Waals surface area contributed by atoms with E-state index in [4.69, 9.17) is 0 Å². The first-order chi connectivity index (χ1) is 10.9. The number of hydrogen-bond acceptors (Lipinski definition) is 4. The number of nitro benzene ring substituents is 1. The van der Waals surface area contributed by atoms with Crippen molar-refractivity contribution in [3.05, 3.63) is 77.1 Å². The standard InChI is InChI=1S/C15H13FN2O4S/c1-2-10-17(13-7-5-6-12(16)11-13)23(21,22)15-9-4-3-8-14(15)18(19)20/h2-9,11H,1,10H2. The van der Waals surface area contributed by atoms with Crippen LogP contribution in [0.5, 0.6) is 0 Å². The van der Waals surface area contributed by atoms with Crippen LogP contribution in [0.2, 0.25) is 0 Å². The number of nitro groups is 1. The van der Waals surface area contributed by atoms with Crippen molar-refractivity contribution in [3.63, 3.8) is 0 Å². The van der Waals surface area contributed by atoms with Crippen molar-refractivity contribution in [1.29, 1.82) is 0 Å². The second kappa shape index (κ2) is 6.57. The Bertz CT molecular complexity index is 852. The van der Waals surface area contributed by atoms with E-state index < -0.39 is 31.3 Å². The lowest BCUT2D eigenvalue weighted by atomic mass is 10.3. The van der Waals surface area contributed by atoms with Crippen LogP contribution in [0.15, 0.2) is 66.1 Å². The smallest absolute Gasteiger partial charge is 0.262 e. The summed E-state index contributed by atoms with van der Waals surface area (Å²) in [5, 5.41) is 11.1. The molecule has 0 aliphatic carbocycles. The van der Waals surface area contributed by atoms with Crippen molar-refractivity contribution in [3.8, 4) is 0 Å². The number of halogens is 1. The molecular weight excluding hydrogens is 323 g/mol. The molecule has 0 radical (unpaired) electrons. The molecule has 0 aliphatic heterocycles. The van der Waals surface area contributed by atoms with Gasteiger partial charge in [-0.25, -0.2) is 12.8 Å². The van der Waals surface area contributed by atoms with Gasteiger partial charge >= 0.3 is 0 Å². The number of benzene rings is 2. The Labute approximate surface area is 132 Å². The van der Waals surface area contributed by atoms with Crippen LogP contribution in [0.25, 0.3) is 0 Å². The molecule has 0 aromatic heterocycles. The van der Waals surface area contributed by atoms with Gasteiger partial charge in [0.15, 0.2) is 4.90 Å². The van der Waals surface area contributed by atoms with Crippen molar-refractivity contribution in [2.24, 2.45) is 0 Å². The number of anilines is 1. The predicted octanol–water partition coefficient (Wildman–Crippen LogP) is 3.12. The highest BCUT2D eigenvalue weighted by atomic mass is 32.2. The van der Waals surface area contributed by atoms with E-state index >= 15 is 0 Å². The third kappa shape index (κ3) is 3.37. The van der Waals surface area contributed by atoms with E-state index in [-0.39, 0.29) is 12.2 Å². The summed E-state index contributed by atoms with van der Waals surface area (Å²) in [6, 6.07) is 9.97. The molecule has 2 aromatic rings. The largest absolute Gasteiger partial charge is 0.289 e. The van der Waals surface area contributed by atoms with E-state index in [0.29, 0.717) is 0 Å². The molecule has 0 unspecified atom stereocenters. The fraction of sp³-hybridized carbons (Fsp3) is 0.0667. The molecule has 2 aromatic carbocycles. The summed E-state index contributed by atoms with van der Waals surface area (Å²) >= 11 is 0.